The van der Waals surface area contributed by atoms with Crippen LogP contribution in [0.25, 0.3) is 5.65 Å². The number of aromatic nitrogens is 6. The van der Waals surface area contributed by atoms with Gasteiger partial charge in [-0.25, -0.2) is 14.6 Å². The summed E-state index contributed by atoms with van der Waals surface area (Å²) in [6.07, 6.45) is 12.5. The highest BCUT2D eigenvalue weighted by Crippen LogP contribution is 2.30. The van der Waals surface area contributed by atoms with Gasteiger partial charge in [-0.2, -0.15) is 14.9 Å². The van der Waals surface area contributed by atoms with E-state index in [1.165, 1.54) is 12.5 Å². The van der Waals surface area contributed by atoms with E-state index < -0.39 is 5.66 Å². The Morgan fingerprint density at radius 1 is 1.33 bits per heavy atom. The van der Waals surface area contributed by atoms with E-state index in [0.717, 1.165) is 18.5 Å². The van der Waals surface area contributed by atoms with Crippen LogP contribution in [0.15, 0.2) is 42.1 Å². The summed E-state index contributed by atoms with van der Waals surface area (Å²) in [5.41, 5.74) is 1.12. The number of imidazole rings is 1. The van der Waals surface area contributed by atoms with Crippen LogP contribution in [0.5, 0.6) is 0 Å². The lowest BCUT2D eigenvalue weighted by atomic mass is 10.1. The molecule has 10 heteroatoms. The summed E-state index contributed by atoms with van der Waals surface area (Å²) in [5, 5.41) is 25.1. The summed E-state index contributed by atoms with van der Waals surface area (Å²) in [6.45, 7) is 0.437. The van der Waals surface area contributed by atoms with E-state index in [1.807, 2.05) is 18.2 Å². The van der Waals surface area contributed by atoms with Gasteiger partial charge in [0.05, 0.1) is 18.4 Å². The number of anilines is 2. The van der Waals surface area contributed by atoms with Gasteiger partial charge in [-0.15, -0.1) is 5.10 Å². The third-order valence-corrected chi connectivity index (χ3v) is 4.59. The van der Waals surface area contributed by atoms with Gasteiger partial charge in [0.25, 0.3) is 0 Å². The van der Waals surface area contributed by atoms with Crippen LogP contribution in [0.3, 0.4) is 0 Å². The SMILES string of the molecule is N#Cc1cnc2c(NC3CC3)cc(NC3(n4cncn4)C=CC=NC3)nn12. The number of nitrogens with zero attached hydrogens (tertiary/aromatic N) is 8. The molecule has 10 nitrogen and oxygen atoms in total. The molecule has 0 saturated heterocycles. The van der Waals surface area contributed by atoms with Crippen molar-refractivity contribution in [3.8, 4) is 6.07 Å². The number of hydrogen-bond acceptors (Lipinski definition) is 8. The van der Waals surface area contributed by atoms with E-state index in [9.17, 15) is 5.26 Å². The summed E-state index contributed by atoms with van der Waals surface area (Å²) >= 11 is 0. The predicted octanol–water partition coefficient (Wildman–Crippen LogP) is 1.17. The second kappa shape index (κ2) is 5.91. The van der Waals surface area contributed by atoms with Crippen molar-refractivity contribution in [1.82, 2.24) is 29.4 Å². The third-order valence-electron chi connectivity index (χ3n) is 4.59. The molecule has 5 rings (SSSR count). The molecule has 0 amide bonds. The molecule has 2 N–H and O–H groups in total. The molecule has 3 aromatic rings. The van der Waals surface area contributed by atoms with E-state index in [2.05, 4.69) is 41.9 Å². The van der Waals surface area contributed by atoms with E-state index in [0.29, 0.717) is 29.7 Å². The molecular formula is C17H16N10. The monoisotopic (exact) mass is 360 g/mol. The van der Waals surface area contributed by atoms with E-state index >= 15 is 0 Å². The zero-order chi connectivity index (χ0) is 18.3. The third kappa shape index (κ3) is 2.69. The quantitative estimate of drug-likeness (QED) is 0.700. The Hall–Kier alpha value is -3.74. The van der Waals surface area contributed by atoms with Gasteiger partial charge >= 0.3 is 0 Å². The van der Waals surface area contributed by atoms with Gasteiger partial charge in [-0.3, -0.25) is 4.99 Å². The van der Waals surface area contributed by atoms with Gasteiger partial charge in [0.15, 0.2) is 22.8 Å². The molecule has 1 aliphatic heterocycles. The minimum absolute atomic E-state index is 0.375. The smallest absolute Gasteiger partial charge is 0.178 e. The second-order valence-electron chi connectivity index (χ2n) is 6.59. The van der Waals surface area contributed by atoms with Crippen molar-refractivity contribution < 1.29 is 0 Å². The topological polar surface area (TPSA) is 121 Å². The normalized spacial score (nSPS) is 21.3. The van der Waals surface area contributed by atoms with Crippen molar-refractivity contribution in [2.24, 2.45) is 4.99 Å². The molecule has 1 aliphatic carbocycles. The average molecular weight is 360 g/mol. The van der Waals surface area contributed by atoms with E-state index in [4.69, 9.17) is 0 Å². The zero-order valence-corrected chi connectivity index (χ0v) is 14.3. The molecule has 0 aromatic carbocycles. The van der Waals surface area contributed by atoms with Crippen molar-refractivity contribution in [2.75, 3.05) is 17.2 Å². The summed E-state index contributed by atoms with van der Waals surface area (Å²) in [4.78, 5) is 12.8. The van der Waals surface area contributed by atoms with Crippen LogP contribution >= 0.6 is 0 Å². The average Bonchev–Trinajstić information content (AvgIpc) is 3.18. The molecule has 4 heterocycles. The lowest BCUT2D eigenvalue weighted by Gasteiger charge is -2.32. The standard InChI is InChI=1S/C17H16N10/c18-7-13-8-21-16-14(23-12-2-3-12)6-15(25-27(13)16)24-17(4-1-5-19-9-17)26-11-20-10-22-26/h1,4-6,8,10-12,23H,2-3,9H2,(H,24,25). The van der Waals surface area contributed by atoms with Crippen molar-refractivity contribution in [2.45, 2.75) is 24.5 Å². The van der Waals surface area contributed by atoms with Gasteiger partial charge in [-0.1, -0.05) is 0 Å². The van der Waals surface area contributed by atoms with E-state index in [-0.39, 0.29) is 0 Å². The lowest BCUT2D eigenvalue weighted by molar-refractivity contribution is 0.389. The molecule has 1 atom stereocenters. The van der Waals surface area contributed by atoms with Crippen LogP contribution < -0.4 is 10.6 Å². The van der Waals surface area contributed by atoms with Crippen LogP contribution in [0.1, 0.15) is 18.5 Å². The predicted molar refractivity (Wildman–Crippen MR) is 98.5 cm³/mol. The van der Waals surface area contributed by atoms with Crippen molar-refractivity contribution in [3.63, 3.8) is 0 Å². The zero-order valence-electron chi connectivity index (χ0n) is 14.3. The highest BCUT2D eigenvalue weighted by Gasteiger charge is 2.32. The Kier molecular flexibility index (Phi) is 3.39. The highest BCUT2D eigenvalue weighted by molar-refractivity contribution is 5.74. The van der Waals surface area contributed by atoms with Gasteiger partial charge < -0.3 is 10.6 Å². The lowest BCUT2D eigenvalue weighted by Crippen LogP contribution is -2.44. The molecular weight excluding hydrogens is 344 g/mol. The highest BCUT2D eigenvalue weighted by atomic mass is 15.4. The van der Waals surface area contributed by atoms with Crippen LogP contribution in [-0.4, -0.2) is 48.2 Å². The minimum atomic E-state index is -0.726. The van der Waals surface area contributed by atoms with E-state index in [1.54, 1.807) is 21.7 Å². The van der Waals surface area contributed by atoms with Crippen molar-refractivity contribution >= 4 is 23.4 Å². The minimum Gasteiger partial charge on any atom is -0.379 e. The molecule has 0 spiro atoms. The summed E-state index contributed by atoms with van der Waals surface area (Å²) in [7, 11) is 0. The fourth-order valence-electron chi connectivity index (χ4n) is 3.09. The Labute approximate surface area is 154 Å². The number of allylic oxidation sites excluding steroid dienone is 1. The maximum absolute atomic E-state index is 9.38. The molecule has 0 radical (unpaired) electrons. The van der Waals surface area contributed by atoms with Gasteiger partial charge in [-0.05, 0) is 25.0 Å². The van der Waals surface area contributed by atoms with Crippen LogP contribution in [0.4, 0.5) is 11.5 Å². The number of dihydropyridines is 1. The summed E-state index contributed by atoms with van der Waals surface area (Å²) < 4.78 is 3.26. The van der Waals surface area contributed by atoms with Gasteiger partial charge in [0, 0.05) is 18.3 Å². The van der Waals surface area contributed by atoms with Gasteiger partial charge in [0.1, 0.15) is 18.7 Å². The maximum atomic E-state index is 9.38. The fourth-order valence-corrected chi connectivity index (χ4v) is 3.09. The van der Waals surface area contributed by atoms with Crippen molar-refractivity contribution in [1.29, 1.82) is 5.26 Å². The molecule has 1 saturated carbocycles. The Balaban J connectivity index is 1.60. The fraction of sp³-hybridized carbons (Fsp3) is 0.294. The summed E-state index contributed by atoms with van der Waals surface area (Å²) in [6, 6.07) is 4.48. The van der Waals surface area contributed by atoms with Crippen LogP contribution in [0.2, 0.25) is 0 Å². The number of hydrogen-bond donors (Lipinski definition) is 2. The Bertz CT molecular complexity index is 1080. The number of rotatable bonds is 5. The van der Waals surface area contributed by atoms with Gasteiger partial charge in [0.2, 0.25) is 0 Å². The molecule has 134 valence electrons. The van der Waals surface area contributed by atoms with Crippen LogP contribution in [0, 0.1) is 11.3 Å². The number of fused-ring (bicyclic) bond motifs is 1. The Morgan fingerprint density at radius 3 is 2.96 bits per heavy atom. The first-order valence-electron chi connectivity index (χ1n) is 8.64. The first kappa shape index (κ1) is 15.5. The molecule has 2 aliphatic rings. The van der Waals surface area contributed by atoms with Crippen LogP contribution in [-0.2, 0) is 5.66 Å². The second-order valence-corrected chi connectivity index (χ2v) is 6.59. The molecule has 27 heavy (non-hydrogen) atoms. The maximum Gasteiger partial charge on any atom is 0.178 e. The molecule has 3 aromatic heterocycles. The first-order valence-corrected chi connectivity index (χ1v) is 8.64. The Morgan fingerprint density at radius 2 is 2.26 bits per heavy atom. The number of nitriles is 1. The molecule has 0 bridgehead atoms. The number of nitrogens with one attached hydrogen (secondary N) is 2. The number of aliphatic imine (C=N–C) groups is 1. The first-order chi connectivity index (χ1) is 13.3. The summed E-state index contributed by atoms with van der Waals surface area (Å²) in [5.74, 6) is 0.581. The molecule has 1 unspecified atom stereocenters. The largest absolute Gasteiger partial charge is 0.379 e. The molecule has 1 fully saturated rings. The van der Waals surface area contributed by atoms with Crippen molar-refractivity contribution in [3.05, 3.63) is 42.8 Å².